The van der Waals surface area contributed by atoms with Crippen LogP contribution in [0.5, 0.6) is 0 Å². The first kappa shape index (κ1) is 16.2. The van der Waals surface area contributed by atoms with E-state index in [0.717, 1.165) is 22.4 Å². The molecule has 0 fully saturated rings. The fraction of sp³-hybridized carbons (Fsp3) is 0.263. The van der Waals surface area contributed by atoms with E-state index in [-0.39, 0.29) is 11.7 Å². The summed E-state index contributed by atoms with van der Waals surface area (Å²) < 4.78 is 13.3. The van der Waals surface area contributed by atoms with Crippen molar-refractivity contribution >= 4 is 16.9 Å². The molecule has 0 saturated carbocycles. The highest BCUT2D eigenvalue weighted by atomic mass is 19.1. The van der Waals surface area contributed by atoms with Gasteiger partial charge in [-0.2, -0.15) is 0 Å². The monoisotopic (exact) mass is 325 g/mol. The van der Waals surface area contributed by atoms with Crippen molar-refractivity contribution in [2.75, 3.05) is 6.54 Å². The van der Waals surface area contributed by atoms with Crippen LogP contribution in [0.4, 0.5) is 4.39 Å². The number of carbonyl (C=O) groups is 1. The highest BCUT2D eigenvalue weighted by Crippen LogP contribution is 2.13. The smallest absolute Gasteiger partial charge is 0.223 e. The van der Waals surface area contributed by atoms with Crippen molar-refractivity contribution in [2.45, 2.75) is 26.3 Å². The highest BCUT2D eigenvalue weighted by Gasteiger charge is 2.13. The number of aromatic nitrogens is 2. The summed E-state index contributed by atoms with van der Waals surface area (Å²) in [4.78, 5) is 21.9. The average Bonchev–Trinajstić information content (AvgIpc) is 3.00. The van der Waals surface area contributed by atoms with Crippen LogP contribution in [0.1, 0.15) is 24.7 Å². The minimum Gasteiger partial charge on any atom is -0.342 e. The van der Waals surface area contributed by atoms with Crippen molar-refractivity contribution in [2.24, 2.45) is 0 Å². The molecule has 124 valence electrons. The third-order valence-electron chi connectivity index (χ3n) is 4.01. The van der Waals surface area contributed by atoms with Crippen LogP contribution in [0, 0.1) is 5.82 Å². The molecule has 0 aliphatic rings. The van der Waals surface area contributed by atoms with Gasteiger partial charge in [-0.25, -0.2) is 9.37 Å². The van der Waals surface area contributed by atoms with Crippen molar-refractivity contribution in [1.82, 2.24) is 14.9 Å². The molecule has 0 aliphatic carbocycles. The van der Waals surface area contributed by atoms with E-state index in [2.05, 4.69) is 9.97 Å². The number of aryl methyl sites for hydroxylation is 1. The molecule has 0 radical (unpaired) electrons. The predicted molar refractivity (Wildman–Crippen MR) is 91.9 cm³/mol. The first-order valence-corrected chi connectivity index (χ1v) is 8.11. The number of para-hydroxylation sites is 2. The summed E-state index contributed by atoms with van der Waals surface area (Å²) in [5, 5.41) is 0. The number of hydrogen-bond acceptors (Lipinski definition) is 2. The first-order chi connectivity index (χ1) is 11.7. The zero-order valence-corrected chi connectivity index (χ0v) is 13.6. The van der Waals surface area contributed by atoms with Crippen LogP contribution >= 0.6 is 0 Å². The van der Waals surface area contributed by atoms with Crippen LogP contribution < -0.4 is 0 Å². The zero-order valence-electron chi connectivity index (χ0n) is 13.6. The van der Waals surface area contributed by atoms with Gasteiger partial charge in [0.25, 0.3) is 0 Å². The van der Waals surface area contributed by atoms with Gasteiger partial charge in [0, 0.05) is 25.9 Å². The zero-order chi connectivity index (χ0) is 16.9. The number of nitrogens with one attached hydrogen (secondary N) is 1. The van der Waals surface area contributed by atoms with Crippen LogP contribution in [-0.2, 0) is 17.8 Å². The Labute approximate surface area is 140 Å². The normalized spacial score (nSPS) is 10.9. The molecule has 4 nitrogen and oxygen atoms in total. The molecule has 0 atom stereocenters. The lowest BCUT2D eigenvalue weighted by Gasteiger charge is -2.21. The molecule has 3 rings (SSSR count). The predicted octanol–water partition coefficient (Wildman–Crippen LogP) is 3.68. The molecular formula is C19H20FN3O. The molecule has 0 spiro atoms. The van der Waals surface area contributed by atoms with Crippen molar-refractivity contribution in [3.63, 3.8) is 0 Å². The second kappa shape index (κ2) is 7.25. The standard InChI is InChI=1S/C19H20FN3O/c1-2-23(13-14-6-5-7-15(20)12-14)19(24)11-10-18-21-16-8-3-4-9-17(16)22-18/h3-9,12H,2,10-11,13H2,1H3,(H,21,22). The minimum absolute atomic E-state index is 0.0437. The third-order valence-corrected chi connectivity index (χ3v) is 4.01. The lowest BCUT2D eigenvalue weighted by atomic mass is 10.2. The van der Waals surface area contributed by atoms with E-state index < -0.39 is 0 Å². The minimum atomic E-state index is -0.279. The van der Waals surface area contributed by atoms with Gasteiger partial charge < -0.3 is 9.88 Å². The van der Waals surface area contributed by atoms with E-state index in [0.29, 0.717) is 25.9 Å². The number of amides is 1. The Morgan fingerprint density at radius 3 is 2.79 bits per heavy atom. The third kappa shape index (κ3) is 3.79. The lowest BCUT2D eigenvalue weighted by Crippen LogP contribution is -2.30. The van der Waals surface area contributed by atoms with Gasteiger partial charge in [-0.15, -0.1) is 0 Å². The Hall–Kier alpha value is -2.69. The van der Waals surface area contributed by atoms with Crippen molar-refractivity contribution in [3.05, 3.63) is 65.7 Å². The Morgan fingerprint density at radius 2 is 2.04 bits per heavy atom. The maximum atomic E-state index is 13.3. The van der Waals surface area contributed by atoms with E-state index in [1.165, 1.54) is 12.1 Å². The number of nitrogens with zero attached hydrogens (tertiary/aromatic N) is 2. The van der Waals surface area contributed by atoms with E-state index in [4.69, 9.17) is 0 Å². The topological polar surface area (TPSA) is 49.0 Å². The number of rotatable bonds is 6. The number of H-pyrrole nitrogens is 1. The van der Waals surface area contributed by atoms with Crippen molar-refractivity contribution < 1.29 is 9.18 Å². The van der Waals surface area contributed by atoms with Gasteiger partial charge in [-0.3, -0.25) is 4.79 Å². The Kier molecular flexibility index (Phi) is 4.89. The number of benzene rings is 2. The van der Waals surface area contributed by atoms with Gasteiger partial charge >= 0.3 is 0 Å². The molecule has 1 aromatic heterocycles. The molecule has 0 aliphatic heterocycles. The highest BCUT2D eigenvalue weighted by molar-refractivity contribution is 5.77. The van der Waals surface area contributed by atoms with Crippen LogP contribution in [-0.4, -0.2) is 27.3 Å². The fourth-order valence-corrected chi connectivity index (χ4v) is 2.74. The summed E-state index contributed by atoms with van der Waals surface area (Å²) in [5.41, 5.74) is 2.69. The van der Waals surface area contributed by atoms with Gasteiger partial charge in [-0.05, 0) is 36.8 Å². The molecule has 0 bridgehead atoms. The largest absolute Gasteiger partial charge is 0.342 e. The SMILES string of the molecule is CCN(Cc1cccc(F)c1)C(=O)CCc1nc2ccccc2[nH]1. The van der Waals surface area contributed by atoms with Gasteiger partial charge in [-0.1, -0.05) is 24.3 Å². The molecular weight excluding hydrogens is 305 g/mol. The Balaban J connectivity index is 1.61. The van der Waals surface area contributed by atoms with Crippen LogP contribution in [0.25, 0.3) is 11.0 Å². The Bertz CT molecular complexity index is 810. The van der Waals surface area contributed by atoms with Gasteiger partial charge in [0.1, 0.15) is 11.6 Å². The molecule has 24 heavy (non-hydrogen) atoms. The van der Waals surface area contributed by atoms with Crippen LogP contribution in [0.3, 0.4) is 0 Å². The molecule has 5 heteroatoms. The maximum absolute atomic E-state index is 13.3. The maximum Gasteiger partial charge on any atom is 0.223 e. The van der Waals surface area contributed by atoms with E-state index in [1.54, 1.807) is 11.0 Å². The van der Waals surface area contributed by atoms with Gasteiger partial charge in [0.05, 0.1) is 11.0 Å². The number of halogens is 1. The summed E-state index contributed by atoms with van der Waals surface area (Å²) in [7, 11) is 0. The number of fused-ring (bicyclic) bond motifs is 1. The number of imidazole rings is 1. The molecule has 2 aromatic carbocycles. The molecule has 0 saturated heterocycles. The number of carbonyl (C=O) groups excluding carboxylic acids is 1. The molecule has 3 aromatic rings. The molecule has 1 amide bonds. The second-order valence-corrected chi connectivity index (χ2v) is 5.74. The summed E-state index contributed by atoms with van der Waals surface area (Å²) in [6.45, 7) is 2.95. The van der Waals surface area contributed by atoms with Gasteiger partial charge in [0.2, 0.25) is 5.91 Å². The summed E-state index contributed by atoms with van der Waals surface area (Å²) in [6.07, 6.45) is 0.941. The van der Waals surface area contributed by atoms with E-state index in [1.807, 2.05) is 37.3 Å². The second-order valence-electron chi connectivity index (χ2n) is 5.74. The van der Waals surface area contributed by atoms with Crippen LogP contribution in [0.15, 0.2) is 48.5 Å². The first-order valence-electron chi connectivity index (χ1n) is 8.11. The molecule has 0 unspecified atom stereocenters. The summed E-state index contributed by atoms with van der Waals surface area (Å²) in [6, 6.07) is 14.2. The average molecular weight is 325 g/mol. The quantitative estimate of drug-likeness (QED) is 0.751. The Morgan fingerprint density at radius 1 is 1.21 bits per heavy atom. The van der Waals surface area contributed by atoms with E-state index >= 15 is 0 Å². The number of hydrogen-bond donors (Lipinski definition) is 1. The fourth-order valence-electron chi connectivity index (χ4n) is 2.74. The molecule has 1 N–H and O–H groups in total. The number of aromatic amines is 1. The lowest BCUT2D eigenvalue weighted by molar-refractivity contribution is -0.131. The van der Waals surface area contributed by atoms with Crippen LogP contribution in [0.2, 0.25) is 0 Å². The summed E-state index contributed by atoms with van der Waals surface area (Å²) >= 11 is 0. The van der Waals surface area contributed by atoms with Crippen molar-refractivity contribution in [3.8, 4) is 0 Å². The van der Waals surface area contributed by atoms with Crippen molar-refractivity contribution in [1.29, 1.82) is 0 Å². The molecule has 1 heterocycles. The van der Waals surface area contributed by atoms with E-state index in [9.17, 15) is 9.18 Å². The van der Waals surface area contributed by atoms with Gasteiger partial charge in [0.15, 0.2) is 0 Å². The summed E-state index contributed by atoms with van der Waals surface area (Å²) in [5.74, 6) is 0.576.